The lowest BCUT2D eigenvalue weighted by atomic mass is 9.80. The van der Waals surface area contributed by atoms with Gasteiger partial charge in [-0.2, -0.15) is 0 Å². The summed E-state index contributed by atoms with van der Waals surface area (Å²) in [5.74, 6) is 1.10. The van der Waals surface area contributed by atoms with Crippen molar-refractivity contribution in [2.45, 2.75) is 181 Å². The molecule has 0 bridgehead atoms. The number of hydrogen-bond donors (Lipinski definition) is 2. The van der Waals surface area contributed by atoms with Crippen molar-refractivity contribution in [3.63, 3.8) is 0 Å². The fourth-order valence-electron chi connectivity index (χ4n) is 6.73. The first-order valence-electron chi connectivity index (χ1n) is 18.2. The highest BCUT2D eigenvalue weighted by atomic mass is 16.3. The molecule has 0 aromatic heterocycles. The molecule has 0 saturated heterocycles. The Balaban J connectivity index is 1.96. The molecule has 0 unspecified atom stereocenters. The average Bonchev–Trinajstić information content (AvgIpc) is 2.99. The Morgan fingerprint density at radius 1 is 0.429 bits per heavy atom. The Kier molecular flexibility index (Phi) is 20.3. The predicted molar refractivity (Wildman–Crippen MR) is 184 cm³/mol. The highest BCUT2D eigenvalue weighted by Crippen LogP contribution is 2.39. The maximum absolute atomic E-state index is 11.0. The molecule has 0 spiro atoms. The highest BCUT2D eigenvalue weighted by Gasteiger charge is 2.22. The molecule has 2 heteroatoms. The van der Waals surface area contributed by atoms with Gasteiger partial charge in [0.05, 0.1) is 0 Å². The van der Waals surface area contributed by atoms with Gasteiger partial charge in [0.15, 0.2) is 0 Å². The molecule has 0 aliphatic carbocycles. The van der Waals surface area contributed by atoms with Gasteiger partial charge in [-0.25, -0.2) is 0 Å². The Morgan fingerprint density at radius 2 is 0.762 bits per heavy atom. The first kappa shape index (κ1) is 36.2. The molecule has 0 fully saturated rings. The minimum absolute atomic E-state index is 0.213. The van der Waals surface area contributed by atoms with E-state index in [0.29, 0.717) is 11.5 Å². The van der Waals surface area contributed by atoms with Gasteiger partial charge in [0.25, 0.3) is 0 Å². The van der Waals surface area contributed by atoms with E-state index in [1.807, 2.05) is 24.3 Å². The number of phenols is 2. The smallest absolute Gasteiger partial charge is 0.119 e. The van der Waals surface area contributed by atoms with Crippen LogP contribution in [-0.4, -0.2) is 10.2 Å². The number of hydrogen-bond acceptors (Lipinski definition) is 2. The summed E-state index contributed by atoms with van der Waals surface area (Å²) in [6, 6.07) is 12.2. The van der Waals surface area contributed by atoms with E-state index >= 15 is 0 Å². The van der Waals surface area contributed by atoms with Crippen LogP contribution in [0.1, 0.15) is 190 Å². The molecule has 0 saturated carbocycles. The van der Waals surface area contributed by atoms with E-state index < -0.39 is 0 Å². The van der Waals surface area contributed by atoms with Gasteiger partial charge in [-0.15, -0.1) is 0 Å². The van der Waals surface area contributed by atoms with E-state index in [4.69, 9.17) is 0 Å². The van der Waals surface area contributed by atoms with Crippen LogP contribution in [0.2, 0.25) is 0 Å². The second-order valence-electron chi connectivity index (χ2n) is 12.9. The monoisotopic (exact) mass is 579 g/mol. The SMILES string of the molecule is CCCCCCCCCCCCc1c(O)cccc1C(CCC)c1cccc(O)c1CCCCCCCCCCCC. The van der Waals surface area contributed by atoms with Crippen LogP contribution in [-0.2, 0) is 12.8 Å². The molecule has 0 heterocycles. The number of unbranched alkanes of at least 4 members (excludes halogenated alkanes) is 18. The number of aromatic hydroxyl groups is 2. The first-order valence-corrected chi connectivity index (χ1v) is 18.2. The molecule has 238 valence electrons. The van der Waals surface area contributed by atoms with Crippen molar-refractivity contribution in [3.8, 4) is 11.5 Å². The van der Waals surface area contributed by atoms with Crippen LogP contribution in [0.25, 0.3) is 0 Å². The summed E-state index contributed by atoms with van der Waals surface area (Å²) in [5, 5.41) is 22.0. The Labute approximate surface area is 260 Å². The molecule has 0 radical (unpaired) electrons. The summed E-state index contributed by atoms with van der Waals surface area (Å²) >= 11 is 0. The van der Waals surface area contributed by atoms with Gasteiger partial charge in [0.2, 0.25) is 0 Å². The molecular weight excluding hydrogens is 512 g/mol. The third-order valence-electron chi connectivity index (χ3n) is 9.26. The second-order valence-corrected chi connectivity index (χ2v) is 12.9. The van der Waals surface area contributed by atoms with Crippen molar-refractivity contribution in [1.82, 2.24) is 0 Å². The fourth-order valence-corrected chi connectivity index (χ4v) is 6.73. The van der Waals surface area contributed by atoms with Crippen LogP contribution in [0.4, 0.5) is 0 Å². The van der Waals surface area contributed by atoms with Crippen molar-refractivity contribution in [2.24, 2.45) is 0 Å². The predicted octanol–water partition coefficient (Wildman–Crippen LogP) is 13.0. The molecule has 0 atom stereocenters. The summed E-state index contributed by atoms with van der Waals surface area (Å²) in [5.41, 5.74) is 4.79. The standard InChI is InChI=1S/C40H66O2/c1-4-7-9-11-13-15-17-19-21-23-28-37-35(30-25-32-39(37)41)34(27-6-3)36-31-26-33-40(42)38(36)29-24-22-20-18-16-14-12-10-8-5-2/h25-26,30-34,41-42H,4-24,27-29H2,1-3H3. The van der Waals surface area contributed by atoms with Crippen LogP contribution < -0.4 is 0 Å². The average molecular weight is 579 g/mol. The molecular formula is C40H66O2. The zero-order chi connectivity index (χ0) is 30.3. The molecule has 0 aliphatic heterocycles. The molecule has 2 rings (SSSR count). The number of phenolic OH excluding ortho intramolecular Hbond substituents is 2. The Bertz CT molecular complexity index is 860. The number of benzene rings is 2. The van der Waals surface area contributed by atoms with Gasteiger partial charge < -0.3 is 10.2 Å². The lowest BCUT2D eigenvalue weighted by Gasteiger charge is -2.25. The van der Waals surface area contributed by atoms with E-state index in [1.54, 1.807) is 0 Å². The molecule has 2 N–H and O–H groups in total. The molecule has 42 heavy (non-hydrogen) atoms. The van der Waals surface area contributed by atoms with Gasteiger partial charge in [-0.05, 0) is 66.5 Å². The Morgan fingerprint density at radius 3 is 1.10 bits per heavy atom. The summed E-state index contributed by atoms with van der Waals surface area (Å²) in [6.07, 6.45) is 30.4. The molecule has 2 aromatic carbocycles. The second kappa shape index (κ2) is 23.5. The summed E-state index contributed by atoms with van der Waals surface area (Å²) < 4.78 is 0. The highest BCUT2D eigenvalue weighted by molar-refractivity contribution is 5.49. The van der Waals surface area contributed by atoms with E-state index in [9.17, 15) is 10.2 Å². The molecule has 2 nitrogen and oxygen atoms in total. The van der Waals surface area contributed by atoms with Gasteiger partial charge in [-0.1, -0.05) is 167 Å². The van der Waals surface area contributed by atoms with Crippen LogP contribution in [0.3, 0.4) is 0 Å². The van der Waals surface area contributed by atoms with Crippen molar-refractivity contribution < 1.29 is 10.2 Å². The topological polar surface area (TPSA) is 40.5 Å². The van der Waals surface area contributed by atoms with Gasteiger partial charge in [-0.3, -0.25) is 0 Å². The van der Waals surface area contributed by atoms with Crippen molar-refractivity contribution in [2.75, 3.05) is 0 Å². The zero-order valence-corrected chi connectivity index (χ0v) is 27.9. The van der Waals surface area contributed by atoms with Crippen molar-refractivity contribution in [1.29, 1.82) is 0 Å². The summed E-state index contributed by atoms with van der Waals surface area (Å²) in [7, 11) is 0. The summed E-state index contributed by atoms with van der Waals surface area (Å²) in [4.78, 5) is 0. The molecule has 0 aliphatic rings. The third-order valence-corrected chi connectivity index (χ3v) is 9.26. The normalized spacial score (nSPS) is 11.5. The van der Waals surface area contributed by atoms with Crippen molar-refractivity contribution >= 4 is 0 Å². The van der Waals surface area contributed by atoms with Crippen molar-refractivity contribution in [3.05, 3.63) is 58.7 Å². The van der Waals surface area contributed by atoms with Gasteiger partial charge >= 0.3 is 0 Å². The zero-order valence-electron chi connectivity index (χ0n) is 27.9. The lowest BCUT2D eigenvalue weighted by molar-refractivity contribution is 0.461. The Hall–Kier alpha value is -1.96. The van der Waals surface area contributed by atoms with Crippen LogP contribution in [0, 0.1) is 0 Å². The third kappa shape index (κ3) is 14.0. The quantitative estimate of drug-likeness (QED) is 0.109. The van der Waals surface area contributed by atoms with E-state index in [0.717, 1.165) is 49.7 Å². The van der Waals surface area contributed by atoms with Gasteiger partial charge in [0.1, 0.15) is 11.5 Å². The summed E-state index contributed by atoms with van der Waals surface area (Å²) in [6.45, 7) is 6.81. The first-order chi connectivity index (χ1) is 20.6. The maximum Gasteiger partial charge on any atom is 0.119 e. The van der Waals surface area contributed by atoms with Crippen LogP contribution >= 0.6 is 0 Å². The molecule has 2 aromatic rings. The number of rotatable bonds is 26. The largest absolute Gasteiger partial charge is 0.508 e. The fraction of sp³-hybridized carbons (Fsp3) is 0.700. The maximum atomic E-state index is 11.0. The lowest BCUT2D eigenvalue weighted by Crippen LogP contribution is -2.09. The van der Waals surface area contributed by atoms with E-state index in [2.05, 4.69) is 32.9 Å². The molecule has 0 amide bonds. The van der Waals surface area contributed by atoms with E-state index in [1.165, 1.54) is 127 Å². The van der Waals surface area contributed by atoms with Crippen LogP contribution in [0.15, 0.2) is 36.4 Å². The minimum atomic E-state index is 0.213. The van der Waals surface area contributed by atoms with Gasteiger partial charge in [0, 0.05) is 5.92 Å². The van der Waals surface area contributed by atoms with Crippen LogP contribution in [0.5, 0.6) is 11.5 Å². The minimum Gasteiger partial charge on any atom is -0.508 e. The van der Waals surface area contributed by atoms with E-state index in [-0.39, 0.29) is 5.92 Å².